The molecule has 28 heavy (non-hydrogen) atoms. The average molecular weight is 406 g/mol. The topological polar surface area (TPSA) is 48.4 Å². The molecule has 1 saturated carbocycles. The molecule has 0 radical (unpaired) electrons. The Hall–Kier alpha value is -0.910. The standard InChI is InChI=1S/C23H35NO3S/c1-16(14-28-4)23(17(2)25,27-15-26-3)13-22-21-12-19(8-7-18-5-6-18)11-20(21)9-10-24-22/h9-10,16,18-19H,5-8,11-15H2,1-4H3/t16-,19-,23+/m0/s1. The molecule has 0 N–H and O–H groups in total. The highest BCUT2D eigenvalue weighted by Gasteiger charge is 2.43. The first-order chi connectivity index (χ1) is 13.5. The molecular formula is C23H35NO3S. The summed E-state index contributed by atoms with van der Waals surface area (Å²) in [6.07, 6.45) is 12.3. The van der Waals surface area contributed by atoms with Crippen LogP contribution in [0.4, 0.5) is 0 Å². The molecule has 2 aliphatic carbocycles. The Kier molecular flexibility index (Phi) is 7.57. The lowest BCUT2D eigenvalue weighted by molar-refractivity contribution is -0.171. The lowest BCUT2D eigenvalue weighted by atomic mass is 9.81. The summed E-state index contributed by atoms with van der Waals surface area (Å²) in [4.78, 5) is 17.6. The fourth-order valence-corrected chi connectivity index (χ4v) is 5.43. The maximum absolute atomic E-state index is 12.8. The Bertz CT molecular complexity index is 676. The van der Waals surface area contributed by atoms with Gasteiger partial charge in [0.15, 0.2) is 5.78 Å². The Morgan fingerprint density at radius 3 is 2.71 bits per heavy atom. The quantitative estimate of drug-likeness (QED) is 0.480. The van der Waals surface area contributed by atoms with E-state index in [1.54, 1.807) is 25.8 Å². The van der Waals surface area contributed by atoms with Crippen molar-refractivity contribution in [1.29, 1.82) is 0 Å². The highest BCUT2D eigenvalue weighted by Crippen LogP contribution is 2.39. The fraction of sp³-hybridized carbons (Fsp3) is 0.739. The van der Waals surface area contributed by atoms with E-state index >= 15 is 0 Å². The van der Waals surface area contributed by atoms with Crippen molar-refractivity contribution in [2.75, 3.05) is 25.9 Å². The average Bonchev–Trinajstić information content (AvgIpc) is 3.41. The molecule has 1 aromatic heterocycles. The minimum atomic E-state index is -0.882. The molecule has 0 aliphatic heterocycles. The second kappa shape index (κ2) is 9.73. The van der Waals surface area contributed by atoms with Gasteiger partial charge in [-0.05, 0) is 67.2 Å². The normalized spacial score (nSPS) is 21.9. The monoisotopic (exact) mass is 405 g/mol. The second-order valence-electron chi connectivity index (χ2n) is 8.72. The summed E-state index contributed by atoms with van der Waals surface area (Å²) >= 11 is 1.75. The number of pyridine rings is 1. The van der Waals surface area contributed by atoms with Crippen molar-refractivity contribution in [3.05, 3.63) is 29.1 Å². The largest absolute Gasteiger partial charge is 0.359 e. The van der Waals surface area contributed by atoms with E-state index in [0.717, 1.165) is 36.1 Å². The lowest BCUT2D eigenvalue weighted by Crippen LogP contribution is -2.50. The summed E-state index contributed by atoms with van der Waals surface area (Å²) in [5.41, 5.74) is 2.96. The summed E-state index contributed by atoms with van der Waals surface area (Å²) in [5, 5.41) is 0. The fourth-order valence-electron chi connectivity index (χ4n) is 4.67. The molecule has 3 rings (SSSR count). The van der Waals surface area contributed by atoms with Crippen LogP contribution in [0.3, 0.4) is 0 Å². The van der Waals surface area contributed by atoms with Crippen molar-refractivity contribution < 1.29 is 14.3 Å². The SMILES string of the molecule is COCO[C@@](Cc1nccc2c1C[C@@H](CCC1CC1)C2)(C(C)=O)[C@@H](C)CSC. The molecule has 3 atom stereocenters. The van der Waals surface area contributed by atoms with Gasteiger partial charge in [-0.2, -0.15) is 11.8 Å². The molecule has 1 fully saturated rings. The van der Waals surface area contributed by atoms with Crippen LogP contribution in [0.5, 0.6) is 0 Å². The van der Waals surface area contributed by atoms with E-state index in [1.807, 2.05) is 6.20 Å². The maximum atomic E-state index is 12.8. The van der Waals surface area contributed by atoms with Crippen LogP contribution in [0, 0.1) is 17.8 Å². The summed E-state index contributed by atoms with van der Waals surface area (Å²) in [5.74, 6) is 2.73. The number of carbonyl (C=O) groups is 1. The first-order valence-corrected chi connectivity index (χ1v) is 12.0. The molecule has 0 saturated heterocycles. The molecule has 0 bridgehead atoms. The number of carbonyl (C=O) groups excluding carboxylic acids is 1. The van der Waals surface area contributed by atoms with E-state index in [1.165, 1.54) is 36.8 Å². The number of fused-ring (bicyclic) bond motifs is 1. The Balaban J connectivity index is 1.81. The van der Waals surface area contributed by atoms with Crippen molar-refractivity contribution in [3.63, 3.8) is 0 Å². The van der Waals surface area contributed by atoms with Gasteiger partial charge < -0.3 is 9.47 Å². The number of thioether (sulfide) groups is 1. The summed E-state index contributed by atoms with van der Waals surface area (Å²) in [7, 11) is 1.60. The van der Waals surface area contributed by atoms with Crippen molar-refractivity contribution in [2.24, 2.45) is 17.8 Å². The van der Waals surface area contributed by atoms with Gasteiger partial charge in [0.05, 0.1) is 0 Å². The predicted octanol–water partition coefficient (Wildman–Crippen LogP) is 4.48. The van der Waals surface area contributed by atoms with E-state index in [4.69, 9.17) is 14.5 Å². The van der Waals surface area contributed by atoms with E-state index < -0.39 is 5.60 Å². The van der Waals surface area contributed by atoms with Gasteiger partial charge >= 0.3 is 0 Å². The highest BCUT2D eigenvalue weighted by molar-refractivity contribution is 7.98. The first-order valence-electron chi connectivity index (χ1n) is 10.6. The van der Waals surface area contributed by atoms with Gasteiger partial charge in [-0.3, -0.25) is 9.78 Å². The number of rotatable bonds is 12. The van der Waals surface area contributed by atoms with Crippen LogP contribution in [0.15, 0.2) is 12.3 Å². The third-order valence-corrected chi connectivity index (χ3v) is 7.43. The van der Waals surface area contributed by atoms with Gasteiger partial charge in [0.1, 0.15) is 12.4 Å². The van der Waals surface area contributed by atoms with Gasteiger partial charge in [-0.1, -0.05) is 26.2 Å². The van der Waals surface area contributed by atoms with Crippen LogP contribution in [0.2, 0.25) is 0 Å². The summed E-state index contributed by atoms with van der Waals surface area (Å²) in [6, 6.07) is 2.17. The van der Waals surface area contributed by atoms with E-state index in [2.05, 4.69) is 19.2 Å². The lowest BCUT2D eigenvalue weighted by Gasteiger charge is -2.36. The molecule has 4 nitrogen and oxygen atoms in total. The van der Waals surface area contributed by atoms with Gasteiger partial charge in [-0.25, -0.2) is 0 Å². The Morgan fingerprint density at radius 2 is 2.07 bits per heavy atom. The highest BCUT2D eigenvalue weighted by atomic mass is 32.2. The third-order valence-electron chi connectivity index (χ3n) is 6.60. The molecule has 0 spiro atoms. The molecule has 1 aromatic rings. The van der Waals surface area contributed by atoms with Crippen LogP contribution in [-0.4, -0.2) is 42.3 Å². The smallest absolute Gasteiger partial charge is 0.162 e. The van der Waals surface area contributed by atoms with Gasteiger partial charge in [-0.15, -0.1) is 0 Å². The van der Waals surface area contributed by atoms with Crippen molar-refractivity contribution >= 4 is 17.5 Å². The number of ether oxygens (including phenoxy) is 2. The van der Waals surface area contributed by atoms with Crippen LogP contribution in [-0.2, 0) is 33.5 Å². The molecule has 0 aromatic carbocycles. The number of hydrogen-bond acceptors (Lipinski definition) is 5. The van der Waals surface area contributed by atoms with Crippen molar-refractivity contribution in [1.82, 2.24) is 4.98 Å². The number of Topliss-reactive ketones (excluding diaryl/α,β-unsaturated/α-hetero) is 1. The zero-order valence-corrected chi connectivity index (χ0v) is 18.6. The van der Waals surface area contributed by atoms with E-state index in [0.29, 0.717) is 6.42 Å². The number of aromatic nitrogens is 1. The third kappa shape index (κ3) is 4.98. The number of methoxy groups -OCH3 is 1. The van der Waals surface area contributed by atoms with Crippen molar-refractivity contribution in [2.45, 2.75) is 64.4 Å². The molecule has 1 heterocycles. The zero-order valence-electron chi connectivity index (χ0n) is 17.8. The van der Waals surface area contributed by atoms with E-state index in [9.17, 15) is 4.79 Å². The van der Waals surface area contributed by atoms with E-state index in [-0.39, 0.29) is 18.5 Å². The Morgan fingerprint density at radius 1 is 1.32 bits per heavy atom. The van der Waals surface area contributed by atoms with Crippen LogP contribution in [0.25, 0.3) is 0 Å². The zero-order chi connectivity index (χ0) is 20.1. The molecule has 0 unspecified atom stereocenters. The molecule has 2 aliphatic rings. The summed E-state index contributed by atoms with van der Waals surface area (Å²) < 4.78 is 11.3. The Labute approximate surface area is 174 Å². The minimum absolute atomic E-state index is 0.0637. The van der Waals surface area contributed by atoms with Crippen molar-refractivity contribution in [3.8, 4) is 0 Å². The van der Waals surface area contributed by atoms with Crippen LogP contribution in [0.1, 0.15) is 56.4 Å². The minimum Gasteiger partial charge on any atom is -0.359 e. The summed E-state index contributed by atoms with van der Waals surface area (Å²) in [6.45, 7) is 3.88. The molecule has 156 valence electrons. The molecule has 0 amide bonds. The first kappa shape index (κ1) is 21.8. The van der Waals surface area contributed by atoms with Gasteiger partial charge in [0.2, 0.25) is 0 Å². The number of ketones is 1. The van der Waals surface area contributed by atoms with Crippen LogP contribution >= 0.6 is 11.8 Å². The second-order valence-corrected chi connectivity index (χ2v) is 9.63. The van der Waals surface area contributed by atoms with Gasteiger partial charge in [0.25, 0.3) is 0 Å². The molecule has 5 heteroatoms. The number of nitrogens with zero attached hydrogens (tertiary/aromatic N) is 1. The van der Waals surface area contributed by atoms with Gasteiger partial charge in [0, 0.05) is 31.3 Å². The number of hydrogen-bond donors (Lipinski definition) is 0. The maximum Gasteiger partial charge on any atom is 0.162 e. The van der Waals surface area contributed by atoms with Crippen LogP contribution < -0.4 is 0 Å². The molecular weight excluding hydrogens is 370 g/mol. The predicted molar refractivity (Wildman–Crippen MR) is 115 cm³/mol.